The molecule has 0 radical (unpaired) electrons. The Morgan fingerprint density at radius 2 is 2.10 bits per heavy atom. The third kappa shape index (κ3) is 2.70. The fourth-order valence-electron chi connectivity index (χ4n) is 3.52. The summed E-state index contributed by atoms with van der Waals surface area (Å²) < 4.78 is 5.68. The van der Waals surface area contributed by atoms with Crippen molar-refractivity contribution in [1.29, 1.82) is 0 Å². The van der Waals surface area contributed by atoms with E-state index >= 15 is 0 Å². The van der Waals surface area contributed by atoms with Crippen LogP contribution in [0.5, 0.6) is 5.75 Å². The molecule has 2 atom stereocenters. The number of ether oxygens (including phenoxy) is 1. The van der Waals surface area contributed by atoms with Gasteiger partial charge >= 0.3 is 0 Å². The van der Waals surface area contributed by atoms with Gasteiger partial charge in [0.05, 0.1) is 7.11 Å². The molecule has 3 nitrogen and oxygen atoms in total. The quantitative estimate of drug-likeness (QED) is 0.918. The number of rotatable bonds is 4. The van der Waals surface area contributed by atoms with Gasteiger partial charge in [0.25, 0.3) is 0 Å². The first-order chi connectivity index (χ1) is 9.49. The summed E-state index contributed by atoms with van der Waals surface area (Å²) >= 11 is 0. The molecular weight excluding hydrogens is 248 g/mol. The van der Waals surface area contributed by atoms with E-state index in [4.69, 9.17) is 10.5 Å². The average Bonchev–Trinajstić information content (AvgIpc) is 2.79. The fraction of sp³-hybridized carbons (Fsp3) is 0.647. The van der Waals surface area contributed by atoms with Crippen molar-refractivity contribution in [2.45, 2.75) is 39.2 Å². The molecule has 2 N–H and O–H groups in total. The summed E-state index contributed by atoms with van der Waals surface area (Å²) in [5, 5.41) is 0. The van der Waals surface area contributed by atoms with E-state index in [1.54, 1.807) is 7.11 Å². The van der Waals surface area contributed by atoms with E-state index in [2.05, 4.69) is 44.9 Å². The molecule has 0 bridgehead atoms. The topological polar surface area (TPSA) is 38.5 Å². The van der Waals surface area contributed by atoms with E-state index in [1.165, 1.54) is 16.7 Å². The minimum Gasteiger partial charge on any atom is -0.496 e. The first-order valence-electron chi connectivity index (χ1n) is 7.57. The number of methoxy groups -OCH3 is 1. The molecule has 2 unspecified atom stereocenters. The number of hydrogen-bond acceptors (Lipinski definition) is 3. The summed E-state index contributed by atoms with van der Waals surface area (Å²) in [5.41, 5.74) is 9.86. The van der Waals surface area contributed by atoms with Crippen LogP contribution in [0.4, 0.5) is 0 Å². The van der Waals surface area contributed by atoms with Gasteiger partial charge in [-0.15, -0.1) is 0 Å². The highest BCUT2D eigenvalue weighted by molar-refractivity contribution is 5.49. The minimum absolute atomic E-state index is 0.463. The Hall–Kier alpha value is -1.06. The van der Waals surface area contributed by atoms with Gasteiger partial charge in [-0.25, -0.2) is 0 Å². The monoisotopic (exact) mass is 276 g/mol. The molecule has 0 saturated carbocycles. The first kappa shape index (κ1) is 15.3. The molecule has 1 aromatic rings. The lowest BCUT2D eigenvalue weighted by molar-refractivity contribution is 0.310. The molecule has 1 aromatic carbocycles. The van der Waals surface area contributed by atoms with Crippen LogP contribution in [0.3, 0.4) is 0 Å². The lowest BCUT2D eigenvalue weighted by Crippen LogP contribution is -2.21. The summed E-state index contributed by atoms with van der Waals surface area (Å²) in [4.78, 5) is 2.44. The van der Waals surface area contributed by atoms with Gasteiger partial charge < -0.3 is 10.5 Å². The fourth-order valence-corrected chi connectivity index (χ4v) is 3.52. The molecule has 3 heteroatoms. The van der Waals surface area contributed by atoms with Gasteiger partial charge in [-0.05, 0) is 49.9 Å². The third-order valence-electron chi connectivity index (χ3n) is 4.54. The lowest BCUT2D eigenvalue weighted by atomic mass is 9.88. The van der Waals surface area contributed by atoms with E-state index in [0.29, 0.717) is 17.9 Å². The van der Waals surface area contributed by atoms with Gasteiger partial charge in [0.15, 0.2) is 0 Å². The summed E-state index contributed by atoms with van der Waals surface area (Å²) in [6.07, 6.45) is 1.15. The van der Waals surface area contributed by atoms with Crippen LogP contribution in [0.1, 0.15) is 48.9 Å². The maximum absolute atomic E-state index is 5.86. The van der Waals surface area contributed by atoms with Gasteiger partial charge in [0, 0.05) is 18.2 Å². The number of hydrogen-bond donors (Lipinski definition) is 1. The van der Waals surface area contributed by atoms with E-state index in [1.807, 2.05) is 0 Å². The molecule has 20 heavy (non-hydrogen) atoms. The maximum Gasteiger partial charge on any atom is 0.125 e. The molecule has 1 saturated heterocycles. The number of benzene rings is 1. The van der Waals surface area contributed by atoms with Crippen molar-refractivity contribution in [3.05, 3.63) is 28.8 Å². The van der Waals surface area contributed by atoms with Crippen molar-refractivity contribution in [2.75, 3.05) is 27.2 Å². The summed E-state index contributed by atoms with van der Waals surface area (Å²) in [5.74, 6) is 2.13. The summed E-state index contributed by atoms with van der Waals surface area (Å²) in [6, 6.07) is 4.94. The van der Waals surface area contributed by atoms with Gasteiger partial charge in [0.2, 0.25) is 0 Å². The Labute approximate surface area is 123 Å². The highest BCUT2D eigenvalue weighted by atomic mass is 16.5. The second kappa shape index (κ2) is 6.15. The van der Waals surface area contributed by atoms with E-state index in [-0.39, 0.29) is 0 Å². The van der Waals surface area contributed by atoms with Gasteiger partial charge in [-0.1, -0.05) is 26.0 Å². The summed E-state index contributed by atoms with van der Waals surface area (Å²) in [6.45, 7) is 8.48. The van der Waals surface area contributed by atoms with E-state index in [0.717, 1.165) is 25.3 Å². The Morgan fingerprint density at radius 3 is 2.60 bits per heavy atom. The van der Waals surface area contributed by atoms with E-state index in [9.17, 15) is 0 Å². The molecule has 1 heterocycles. The number of likely N-dealkylation sites (tertiary alicyclic amines) is 1. The van der Waals surface area contributed by atoms with Crippen molar-refractivity contribution in [2.24, 2.45) is 11.7 Å². The zero-order chi connectivity index (χ0) is 14.9. The molecule has 1 aliphatic heterocycles. The zero-order valence-corrected chi connectivity index (χ0v) is 13.4. The highest BCUT2D eigenvalue weighted by Crippen LogP contribution is 2.42. The molecule has 0 amide bonds. The molecule has 0 spiro atoms. The number of nitrogens with zero attached hydrogens (tertiary/aromatic N) is 1. The zero-order valence-electron chi connectivity index (χ0n) is 13.4. The average molecular weight is 276 g/mol. The van der Waals surface area contributed by atoms with Crippen molar-refractivity contribution in [3.8, 4) is 5.75 Å². The molecule has 0 aliphatic carbocycles. The standard InChI is InChI=1S/C17H28N2O/c1-11(2)16-14(7-6-12(3)17(16)20-5)15-8-13(9-18)10-19(15)4/h6-7,11,13,15H,8-10,18H2,1-5H3. The van der Waals surface area contributed by atoms with E-state index < -0.39 is 0 Å². The molecular formula is C17H28N2O. The minimum atomic E-state index is 0.463. The van der Waals surface area contributed by atoms with Crippen molar-refractivity contribution < 1.29 is 4.74 Å². The highest BCUT2D eigenvalue weighted by Gasteiger charge is 2.32. The van der Waals surface area contributed by atoms with Crippen LogP contribution in [0, 0.1) is 12.8 Å². The second-order valence-corrected chi connectivity index (χ2v) is 6.37. The predicted molar refractivity (Wildman–Crippen MR) is 84.4 cm³/mol. The SMILES string of the molecule is COc1c(C)ccc(C2CC(CN)CN2C)c1C(C)C. The number of nitrogens with two attached hydrogens (primary N) is 1. The smallest absolute Gasteiger partial charge is 0.125 e. The van der Waals surface area contributed by atoms with Crippen LogP contribution in [0.2, 0.25) is 0 Å². The molecule has 0 aromatic heterocycles. The third-order valence-corrected chi connectivity index (χ3v) is 4.54. The van der Waals surface area contributed by atoms with Crippen LogP contribution < -0.4 is 10.5 Å². The van der Waals surface area contributed by atoms with Crippen LogP contribution in [-0.2, 0) is 0 Å². The van der Waals surface area contributed by atoms with Crippen LogP contribution in [0.15, 0.2) is 12.1 Å². The second-order valence-electron chi connectivity index (χ2n) is 6.37. The van der Waals surface area contributed by atoms with Gasteiger partial charge in [0.1, 0.15) is 5.75 Å². The van der Waals surface area contributed by atoms with Crippen molar-refractivity contribution >= 4 is 0 Å². The van der Waals surface area contributed by atoms with Crippen molar-refractivity contribution in [1.82, 2.24) is 4.90 Å². The largest absolute Gasteiger partial charge is 0.496 e. The Kier molecular flexibility index (Phi) is 4.71. The van der Waals surface area contributed by atoms with Crippen LogP contribution >= 0.6 is 0 Å². The first-order valence-corrected chi connectivity index (χ1v) is 7.57. The molecule has 1 aliphatic rings. The molecule has 2 rings (SSSR count). The number of aryl methyl sites for hydroxylation is 1. The van der Waals surface area contributed by atoms with Crippen LogP contribution in [0.25, 0.3) is 0 Å². The predicted octanol–water partition coefficient (Wildman–Crippen LogP) is 3.08. The van der Waals surface area contributed by atoms with Crippen LogP contribution in [-0.4, -0.2) is 32.1 Å². The van der Waals surface area contributed by atoms with Crippen molar-refractivity contribution in [3.63, 3.8) is 0 Å². The normalized spacial score (nSPS) is 23.6. The molecule has 112 valence electrons. The maximum atomic E-state index is 5.86. The van der Waals surface area contributed by atoms with Gasteiger partial charge in [-0.3, -0.25) is 4.90 Å². The molecule has 1 fully saturated rings. The Balaban J connectivity index is 2.46. The summed E-state index contributed by atoms with van der Waals surface area (Å²) in [7, 11) is 3.98. The van der Waals surface area contributed by atoms with Gasteiger partial charge in [-0.2, -0.15) is 0 Å². The Morgan fingerprint density at radius 1 is 1.40 bits per heavy atom. The Bertz CT molecular complexity index is 470. The lowest BCUT2D eigenvalue weighted by Gasteiger charge is -2.26.